The number of aromatic carboxylic acids is 1. The first-order valence-corrected chi connectivity index (χ1v) is 10.4. The number of hydrogen-bond donors (Lipinski definition) is 4. The topological polar surface area (TPSA) is 145 Å². The molecule has 3 rings (SSSR count). The Labute approximate surface area is 187 Å². The Balaban J connectivity index is 1.56. The van der Waals surface area contributed by atoms with E-state index in [1.807, 2.05) is 19.1 Å². The highest BCUT2D eigenvalue weighted by Crippen LogP contribution is 2.47. The second-order valence-corrected chi connectivity index (χ2v) is 9.29. The predicted octanol–water partition coefficient (Wildman–Crippen LogP) is -0.573. The number of likely N-dealkylation sites (N-methyl/N-ethyl adjacent to an activating group) is 1. The van der Waals surface area contributed by atoms with E-state index in [9.17, 15) is 24.6 Å². The van der Waals surface area contributed by atoms with E-state index in [0.29, 0.717) is 18.7 Å². The number of hydrogen-bond acceptors (Lipinski definition) is 7. The van der Waals surface area contributed by atoms with Crippen molar-refractivity contribution in [3.8, 4) is 11.5 Å². The first-order chi connectivity index (χ1) is 14.8. The number of nitrogens with two attached hydrogens (primary N) is 1. The molecule has 1 aromatic rings. The van der Waals surface area contributed by atoms with Crippen LogP contribution in [-0.4, -0.2) is 97.0 Å². The maximum Gasteiger partial charge on any atom is 0.343 e. The lowest BCUT2D eigenvalue weighted by Gasteiger charge is -2.42. The number of nitrogens with zero attached hydrogens (tertiary/aromatic N) is 2. The molecule has 0 spiro atoms. The van der Waals surface area contributed by atoms with Crippen molar-refractivity contribution in [3.63, 3.8) is 0 Å². The quantitative estimate of drug-likeness (QED) is 0.370. The Morgan fingerprint density at radius 2 is 2.00 bits per heavy atom. The lowest BCUT2D eigenvalue weighted by atomic mass is 9.81. The van der Waals surface area contributed by atoms with Gasteiger partial charge in [0.15, 0.2) is 0 Å². The molecule has 2 heterocycles. The normalized spacial score (nSPS) is 22.2. The van der Waals surface area contributed by atoms with Gasteiger partial charge in [0.2, 0.25) is 11.8 Å². The average molecular weight is 445 g/mol. The maximum atomic E-state index is 12.4. The van der Waals surface area contributed by atoms with Crippen LogP contribution in [0.3, 0.4) is 0 Å². The third-order valence-corrected chi connectivity index (χ3v) is 5.97. The van der Waals surface area contributed by atoms with E-state index in [1.165, 1.54) is 4.90 Å². The fourth-order valence-corrected chi connectivity index (χ4v) is 3.67. The van der Waals surface area contributed by atoms with Crippen LogP contribution < -0.4 is 15.8 Å². The fourth-order valence-electron chi connectivity index (χ4n) is 3.67. The van der Waals surface area contributed by atoms with Crippen molar-refractivity contribution in [2.75, 3.05) is 40.3 Å². The molecule has 1 aromatic carbocycles. The van der Waals surface area contributed by atoms with Gasteiger partial charge >= 0.3 is 5.97 Å². The zero-order valence-corrected chi connectivity index (χ0v) is 18.8. The standard InChI is InChI=1S/C21H30BN4O6/c1-20(10-22-20)13-5-6-14(16(17(13)28)18(29)30)32-12-8-26(9-12)11-21(2,23)19(31)24-7-15(27)25(3)4/h5-6,12,28H,7-11,23H2,1-4H3,(H,24,31)(H,29,30)/t20-,21+/m1/s1. The van der Waals surface area contributed by atoms with Gasteiger partial charge in [-0.15, -0.1) is 0 Å². The summed E-state index contributed by atoms with van der Waals surface area (Å²) >= 11 is 0. The molecule has 5 N–H and O–H groups in total. The molecule has 32 heavy (non-hydrogen) atoms. The number of ether oxygens (including phenoxy) is 1. The van der Waals surface area contributed by atoms with Crippen molar-refractivity contribution >= 4 is 25.1 Å². The van der Waals surface area contributed by atoms with Crippen molar-refractivity contribution in [2.24, 2.45) is 5.73 Å². The second-order valence-electron chi connectivity index (χ2n) is 9.29. The molecule has 10 nitrogen and oxygen atoms in total. The highest BCUT2D eigenvalue weighted by molar-refractivity contribution is 6.54. The molecular weight excluding hydrogens is 415 g/mol. The number of benzene rings is 1. The minimum atomic E-state index is -1.25. The highest BCUT2D eigenvalue weighted by atomic mass is 16.5. The number of carbonyl (C=O) groups is 3. The third kappa shape index (κ3) is 4.99. The molecule has 0 saturated carbocycles. The number of phenols is 1. The molecule has 173 valence electrons. The van der Waals surface area contributed by atoms with Crippen LogP contribution >= 0.6 is 0 Å². The van der Waals surface area contributed by atoms with Crippen LogP contribution in [0.4, 0.5) is 0 Å². The zero-order chi connectivity index (χ0) is 23.8. The molecule has 2 saturated heterocycles. The van der Waals surface area contributed by atoms with Crippen LogP contribution in [0.1, 0.15) is 29.8 Å². The molecule has 11 heteroatoms. The second kappa shape index (κ2) is 8.63. The van der Waals surface area contributed by atoms with Crippen LogP contribution in [0, 0.1) is 0 Å². The number of amides is 2. The molecule has 0 bridgehead atoms. The summed E-state index contributed by atoms with van der Waals surface area (Å²) < 4.78 is 5.84. The van der Waals surface area contributed by atoms with Crippen molar-refractivity contribution < 1.29 is 29.3 Å². The Hall–Kier alpha value is -2.79. The van der Waals surface area contributed by atoms with Gasteiger partial charge in [0.1, 0.15) is 36.0 Å². The summed E-state index contributed by atoms with van der Waals surface area (Å²) in [7, 11) is 5.21. The summed E-state index contributed by atoms with van der Waals surface area (Å²) in [5, 5.41) is 22.4. The van der Waals surface area contributed by atoms with E-state index in [-0.39, 0.29) is 47.5 Å². The predicted molar refractivity (Wildman–Crippen MR) is 118 cm³/mol. The van der Waals surface area contributed by atoms with E-state index in [0.717, 1.165) is 6.32 Å². The molecule has 0 aromatic heterocycles. The summed E-state index contributed by atoms with van der Waals surface area (Å²) in [4.78, 5) is 39.0. The van der Waals surface area contributed by atoms with Crippen LogP contribution in [0.5, 0.6) is 11.5 Å². The maximum absolute atomic E-state index is 12.4. The summed E-state index contributed by atoms with van der Waals surface area (Å²) in [6.45, 7) is 4.55. The smallest absolute Gasteiger partial charge is 0.343 e. The molecular formula is C21H30BN4O6. The first-order valence-electron chi connectivity index (χ1n) is 10.4. The van der Waals surface area contributed by atoms with Crippen LogP contribution in [0.25, 0.3) is 0 Å². The molecule has 2 fully saturated rings. The van der Waals surface area contributed by atoms with Gasteiger partial charge in [-0.3, -0.25) is 14.5 Å². The molecule has 2 aliphatic heterocycles. The number of rotatable bonds is 9. The van der Waals surface area contributed by atoms with Crippen LogP contribution in [0.2, 0.25) is 6.32 Å². The number of carbonyl (C=O) groups excluding carboxylic acids is 2. The van der Waals surface area contributed by atoms with Gasteiger partial charge in [0, 0.05) is 33.7 Å². The molecule has 2 aliphatic rings. The number of nitrogens with one attached hydrogen (secondary N) is 1. The van der Waals surface area contributed by atoms with Crippen molar-refractivity contribution in [1.82, 2.24) is 15.1 Å². The molecule has 0 unspecified atom stereocenters. The van der Waals surface area contributed by atoms with E-state index in [1.54, 1.807) is 33.2 Å². The largest absolute Gasteiger partial charge is 0.507 e. The molecule has 1 radical (unpaired) electrons. The average Bonchev–Trinajstić information content (AvgIpc) is 3.41. The SMILES string of the molecule is CN(C)C(=O)CNC(=O)[C@@](C)(N)CN1CC(Oc2ccc([C@]3(C)[B]C3)c(O)c2C(=O)O)C1. The van der Waals surface area contributed by atoms with Gasteiger partial charge < -0.3 is 30.9 Å². The highest BCUT2D eigenvalue weighted by Gasteiger charge is 2.44. The summed E-state index contributed by atoms with van der Waals surface area (Å²) in [5.74, 6) is -2.07. The van der Waals surface area contributed by atoms with Gasteiger partial charge in [-0.1, -0.05) is 19.3 Å². The monoisotopic (exact) mass is 445 g/mol. The lowest BCUT2D eigenvalue weighted by Crippen LogP contribution is -2.64. The van der Waals surface area contributed by atoms with Crippen LogP contribution in [0.15, 0.2) is 12.1 Å². The minimum absolute atomic E-state index is 0.114. The Kier molecular flexibility index (Phi) is 6.44. The zero-order valence-electron chi connectivity index (χ0n) is 18.8. The summed E-state index contributed by atoms with van der Waals surface area (Å²) in [6.07, 6.45) is 0.488. The van der Waals surface area contributed by atoms with Gasteiger partial charge in [-0.25, -0.2) is 4.79 Å². The van der Waals surface area contributed by atoms with E-state index in [4.69, 9.17) is 10.5 Å². The van der Waals surface area contributed by atoms with E-state index < -0.39 is 17.4 Å². The van der Waals surface area contributed by atoms with Gasteiger partial charge in [0.25, 0.3) is 0 Å². The van der Waals surface area contributed by atoms with Crippen molar-refractivity contribution in [2.45, 2.75) is 37.1 Å². The number of aromatic hydroxyl groups is 1. The Bertz CT molecular complexity index is 925. The third-order valence-electron chi connectivity index (χ3n) is 5.97. The van der Waals surface area contributed by atoms with Crippen molar-refractivity contribution in [1.29, 1.82) is 0 Å². The number of carboxylic acids is 1. The summed E-state index contributed by atoms with van der Waals surface area (Å²) in [6, 6.07) is 3.29. The Morgan fingerprint density at radius 1 is 1.38 bits per heavy atom. The van der Waals surface area contributed by atoms with Crippen LogP contribution in [-0.2, 0) is 14.9 Å². The number of carboxylic acid groups (broad SMARTS) is 1. The lowest BCUT2D eigenvalue weighted by molar-refractivity contribution is -0.133. The Morgan fingerprint density at radius 3 is 2.53 bits per heavy atom. The van der Waals surface area contributed by atoms with Crippen molar-refractivity contribution in [3.05, 3.63) is 23.3 Å². The summed E-state index contributed by atoms with van der Waals surface area (Å²) in [5.41, 5.74) is 5.28. The van der Waals surface area contributed by atoms with Gasteiger partial charge in [0.05, 0.1) is 6.54 Å². The molecule has 2 amide bonds. The first kappa shape index (κ1) is 23.9. The molecule has 2 atom stereocenters. The molecule has 0 aliphatic carbocycles. The van der Waals surface area contributed by atoms with Gasteiger partial charge in [-0.2, -0.15) is 0 Å². The fraction of sp³-hybridized carbons (Fsp3) is 0.571. The minimum Gasteiger partial charge on any atom is -0.507 e. The van der Waals surface area contributed by atoms with Gasteiger partial charge in [-0.05, 0) is 23.9 Å². The van der Waals surface area contributed by atoms with E-state index >= 15 is 0 Å². The van der Waals surface area contributed by atoms with E-state index in [2.05, 4.69) is 5.32 Å². The number of likely N-dealkylation sites (tertiary alicyclic amines) is 1.